The Hall–Kier alpha value is -1.65. The number of nitro groups is 1. The van der Waals surface area contributed by atoms with E-state index in [0.717, 1.165) is 31.8 Å². The van der Waals surface area contributed by atoms with Crippen LogP contribution >= 0.6 is 0 Å². The quantitative estimate of drug-likeness (QED) is 0.291. The molecule has 0 aliphatic heterocycles. The van der Waals surface area contributed by atoms with Crippen LogP contribution in [-0.4, -0.2) is 16.0 Å². The van der Waals surface area contributed by atoms with E-state index in [1.165, 1.54) is 0 Å². The van der Waals surface area contributed by atoms with Crippen molar-refractivity contribution in [3.05, 3.63) is 34.0 Å². The van der Waals surface area contributed by atoms with Gasteiger partial charge in [0.15, 0.2) is 0 Å². The first kappa shape index (κ1) is 15.3. The van der Waals surface area contributed by atoms with Gasteiger partial charge in [-0.1, -0.05) is 31.9 Å². The fourth-order valence-electron chi connectivity index (χ4n) is 1.27. The summed E-state index contributed by atoms with van der Waals surface area (Å²) in [4.78, 5) is 20.3. The van der Waals surface area contributed by atoms with Gasteiger partial charge in [-0.2, -0.15) is 0 Å². The Morgan fingerprint density at radius 1 is 1.29 bits per heavy atom. The molecule has 96 valence electrons. The Bertz CT molecular complexity index is 308. The highest BCUT2D eigenvalue weighted by molar-refractivity contribution is 5.68. The second-order valence-electron chi connectivity index (χ2n) is 3.72. The number of allylic oxidation sites excluding steroid dienone is 2. The lowest BCUT2D eigenvalue weighted by Crippen LogP contribution is -2.00. The van der Waals surface area contributed by atoms with Crippen molar-refractivity contribution in [3.8, 4) is 0 Å². The molecule has 17 heavy (non-hydrogen) atoms. The van der Waals surface area contributed by atoms with Crippen LogP contribution in [0.25, 0.3) is 0 Å². The third kappa shape index (κ3) is 9.29. The topological polar surface area (TPSA) is 80.4 Å². The lowest BCUT2D eigenvalue weighted by molar-refractivity contribution is -0.427. The van der Waals surface area contributed by atoms with Gasteiger partial charge in [-0.3, -0.25) is 14.9 Å². The summed E-state index contributed by atoms with van der Waals surface area (Å²) in [6, 6.07) is 0. The van der Waals surface area contributed by atoms with E-state index < -0.39 is 10.9 Å². The summed E-state index contributed by atoms with van der Waals surface area (Å²) in [7, 11) is 0. The minimum absolute atomic E-state index is 0.0564. The second kappa shape index (κ2) is 9.57. The zero-order chi connectivity index (χ0) is 13.1. The summed E-state index contributed by atoms with van der Waals surface area (Å²) >= 11 is 0. The van der Waals surface area contributed by atoms with Gasteiger partial charge in [-0.15, -0.1) is 0 Å². The highest BCUT2D eigenvalue weighted by Gasteiger charge is 2.08. The summed E-state index contributed by atoms with van der Waals surface area (Å²) in [5.41, 5.74) is -0.0564. The number of aliphatic carboxylic acids is 1. The zero-order valence-corrected chi connectivity index (χ0v) is 10.1. The first-order chi connectivity index (χ1) is 8.07. The van der Waals surface area contributed by atoms with Crippen LogP contribution in [0.2, 0.25) is 0 Å². The van der Waals surface area contributed by atoms with E-state index in [-0.39, 0.29) is 18.5 Å². The molecule has 0 aromatic rings. The lowest BCUT2D eigenvalue weighted by Gasteiger charge is -1.94. The van der Waals surface area contributed by atoms with Crippen LogP contribution in [0.3, 0.4) is 0 Å². The second-order valence-corrected chi connectivity index (χ2v) is 3.72. The molecule has 0 bridgehead atoms. The average Bonchev–Trinajstić information content (AvgIpc) is 2.26. The summed E-state index contributed by atoms with van der Waals surface area (Å²) in [6.45, 7) is 2.11. The van der Waals surface area contributed by atoms with Crippen LogP contribution in [0.15, 0.2) is 23.9 Å². The van der Waals surface area contributed by atoms with Crippen molar-refractivity contribution >= 4 is 5.97 Å². The molecular weight excluding hydrogens is 222 g/mol. The van der Waals surface area contributed by atoms with Gasteiger partial charge in [0.1, 0.15) is 0 Å². The normalized spacial score (nSPS) is 11.9. The van der Waals surface area contributed by atoms with Crippen molar-refractivity contribution in [2.45, 2.75) is 45.4 Å². The van der Waals surface area contributed by atoms with Crippen LogP contribution < -0.4 is 0 Å². The molecule has 0 saturated heterocycles. The van der Waals surface area contributed by atoms with Gasteiger partial charge >= 0.3 is 5.97 Å². The molecule has 0 heterocycles. The standard InChI is InChI=1S/C12H19NO4/c1-2-3-4-5-6-7-8-11(13(16)17)9-10-12(14)15/h6-7,9H,2-5,8,10H2,1H3,(H,14,15). The summed E-state index contributed by atoms with van der Waals surface area (Å²) in [5.74, 6) is -1.06. The first-order valence-corrected chi connectivity index (χ1v) is 5.78. The van der Waals surface area contributed by atoms with Crippen molar-refractivity contribution in [1.82, 2.24) is 0 Å². The monoisotopic (exact) mass is 241 g/mol. The molecule has 0 radical (unpaired) electrons. The minimum atomic E-state index is -1.06. The van der Waals surface area contributed by atoms with E-state index >= 15 is 0 Å². The maximum Gasteiger partial charge on any atom is 0.307 e. The fraction of sp³-hybridized carbons (Fsp3) is 0.583. The molecule has 0 amide bonds. The van der Waals surface area contributed by atoms with Crippen molar-refractivity contribution in [1.29, 1.82) is 0 Å². The summed E-state index contributed by atoms with van der Waals surface area (Å²) < 4.78 is 0. The molecular formula is C12H19NO4. The molecule has 0 aliphatic carbocycles. The zero-order valence-electron chi connectivity index (χ0n) is 10.1. The number of carboxylic acid groups (broad SMARTS) is 1. The summed E-state index contributed by atoms with van der Waals surface area (Å²) in [5, 5.41) is 19.0. The third-order valence-corrected chi connectivity index (χ3v) is 2.21. The van der Waals surface area contributed by atoms with Crippen LogP contribution in [-0.2, 0) is 4.79 Å². The molecule has 0 saturated carbocycles. The molecule has 0 aliphatic rings. The van der Waals surface area contributed by atoms with Crippen molar-refractivity contribution in [2.75, 3.05) is 0 Å². The van der Waals surface area contributed by atoms with E-state index in [1.54, 1.807) is 6.08 Å². The molecule has 0 rings (SSSR count). The van der Waals surface area contributed by atoms with Gasteiger partial charge in [-0.25, -0.2) is 0 Å². The Balaban J connectivity index is 4.05. The maximum absolute atomic E-state index is 10.6. The molecule has 5 heteroatoms. The van der Waals surface area contributed by atoms with Gasteiger partial charge < -0.3 is 5.11 Å². The van der Waals surface area contributed by atoms with E-state index in [4.69, 9.17) is 5.11 Å². The van der Waals surface area contributed by atoms with Gasteiger partial charge in [0.25, 0.3) is 0 Å². The van der Waals surface area contributed by atoms with Crippen molar-refractivity contribution < 1.29 is 14.8 Å². The van der Waals surface area contributed by atoms with E-state index in [9.17, 15) is 14.9 Å². The van der Waals surface area contributed by atoms with E-state index in [0.29, 0.717) is 0 Å². The fourth-order valence-corrected chi connectivity index (χ4v) is 1.27. The van der Waals surface area contributed by atoms with E-state index in [2.05, 4.69) is 6.92 Å². The molecule has 1 N–H and O–H groups in total. The Morgan fingerprint density at radius 2 is 2.00 bits per heavy atom. The Morgan fingerprint density at radius 3 is 2.53 bits per heavy atom. The molecule has 0 aromatic carbocycles. The molecule has 0 spiro atoms. The number of carboxylic acids is 1. The largest absolute Gasteiger partial charge is 0.481 e. The third-order valence-electron chi connectivity index (χ3n) is 2.21. The Labute approximate surface area is 101 Å². The van der Waals surface area contributed by atoms with Crippen LogP contribution in [0.5, 0.6) is 0 Å². The molecule has 0 unspecified atom stereocenters. The minimum Gasteiger partial charge on any atom is -0.481 e. The SMILES string of the molecule is CCCCCC=CCC(=CCC(=O)O)[N+](=O)[O-]. The number of hydrogen-bond donors (Lipinski definition) is 1. The van der Waals surface area contributed by atoms with Gasteiger partial charge in [0, 0.05) is 6.08 Å². The number of carbonyl (C=O) groups is 1. The van der Waals surface area contributed by atoms with Gasteiger partial charge in [0.05, 0.1) is 17.8 Å². The van der Waals surface area contributed by atoms with E-state index in [1.807, 2.05) is 6.08 Å². The highest BCUT2D eigenvalue weighted by Crippen LogP contribution is 2.07. The average molecular weight is 241 g/mol. The summed E-state index contributed by atoms with van der Waals surface area (Å²) in [6.07, 6.45) is 8.97. The lowest BCUT2D eigenvalue weighted by atomic mass is 10.2. The molecule has 0 fully saturated rings. The van der Waals surface area contributed by atoms with Crippen molar-refractivity contribution in [2.24, 2.45) is 0 Å². The molecule has 5 nitrogen and oxygen atoms in total. The van der Waals surface area contributed by atoms with Gasteiger partial charge in [0.2, 0.25) is 5.70 Å². The number of nitrogens with zero attached hydrogens (tertiary/aromatic N) is 1. The van der Waals surface area contributed by atoms with Crippen LogP contribution in [0.4, 0.5) is 0 Å². The molecule has 0 atom stereocenters. The van der Waals surface area contributed by atoms with Crippen LogP contribution in [0.1, 0.15) is 45.4 Å². The number of unbranched alkanes of at least 4 members (excludes halogenated alkanes) is 3. The molecule has 0 aromatic heterocycles. The predicted octanol–water partition coefficient (Wildman–Crippen LogP) is 3.15. The predicted molar refractivity (Wildman–Crippen MR) is 65.2 cm³/mol. The first-order valence-electron chi connectivity index (χ1n) is 5.78. The van der Waals surface area contributed by atoms with Crippen LogP contribution in [0, 0.1) is 10.1 Å². The van der Waals surface area contributed by atoms with Gasteiger partial charge in [-0.05, 0) is 12.8 Å². The van der Waals surface area contributed by atoms with Crippen molar-refractivity contribution in [3.63, 3.8) is 0 Å². The maximum atomic E-state index is 10.6. The number of hydrogen-bond acceptors (Lipinski definition) is 3. The highest BCUT2D eigenvalue weighted by atomic mass is 16.6. The Kier molecular flexibility index (Phi) is 8.64. The smallest absolute Gasteiger partial charge is 0.307 e. The number of rotatable bonds is 9.